The Hall–Kier alpha value is -2.66. The Bertz CT molecular complexity index is 886. The molecule has 0 unspecified atom stereocenters. The molecule has 3 aromatic rings. The number of fused-ring (bicyclic) bond motifs is 2. The van der Waals surface area contributed by atoms with E-state index in [1.807, 2.05) is 47.9 Å². The SMILES string of the molecule is COC[C@@H](C)NC(=O)Cn1c2ccccc2c(=O)c2ccccc21. The predicted octanol–water partition coefficient (Wildman–Crippen LogP) is 2.31. The Balaban J connectivity index is 2.10. The van der Waals surface area contributed by atoms with Crippen LogP contribution in [0.4, 0.5) is 0 Å². The maximum absolute atomic E-state index is 12.7. The van der Waals surface area contributed by atoms with Gasteiger partial charge in [0.1, 0.15) is 6.54 Å². The number of ether oxygens (including phenoxy) is 1. The van der Waals surface area contributed by atoms with E-state index in [2.05, 4.69) is 5.32 Å². The Morgan fingerprint density at radius 2 is 1.62 bits per heavy atom. The summed E-state index contributed by atoms with van der Waals surface area (Å²) < 4.78 is 6.94. The lowest BCUT2D eigenvalue weighted by Crippen LogP contribution is -2.38. The number of amides is 1. The topological polar surface area (TPSA) is 60.3 Å². The first-order valence-corrected chi connectivity index (χ1v) is 7.90. The van der Waals surface area contributed by atoms with Gasteiger partial charge in [0.05, 0.1) is 17.6 Å². The van der Waals surface area contributed by atoms with Crippen molar-refractivity contribution in [3.05, 3.63) is 58.8 Å². The molecule has 5 nitrogen and oxygen atoms in total. The first-order chi connectivity index (χ1) is 11.6. The Morgan fingerprint density at radius 1 is 1.08 bits per heavy atom. The molecule has 0 fully saturated rings. The molecule has 1 aromatic heterocycles. The van der Waals surface area contributed by atoms with Crippen LogP contribution in [0.15, 0.2) is 53.3 Å². The molecule has 0 aliphatic rings. The van der Waals surface area contributed by atoms with E-state index < -0.39 is 0 Å². The van der Waals surface area contributed by atoms with Gasteiger partial charge in [-0.2, -0.15) is 0 Å². The van der Waals surface area contributed by atoms with E-state index >= 15 is 0 Å². The summed E-state index contributed by atoms with van der Waals surface area (Å²) in [6.07, 6.45) is 0. The van der Waals surface area contributed by atoms with Crippen molar-refractivity contribution in [3.63, 3.8) is 0 Å². The number of nitrogens with one attached hydrogen (secondary N) is 1. The van der Waals surface area contributed by atoms with Crippen molar-refractivity contribution in [3.8, 4) is 0 Å². The van der Waals surface area contributed by atoms with Crippen LogP contribution >= 0.6 is 0 Å². The number of carbonyl (C=O) groups is 1. The summed E-state index contributed by atoms with van der Waals surface area (Å²) in [4.78, 5) is 25.1. The summed E-state index contributed by atoms with van der Waals surface area (Å²) in [5.74, 6) is -0.112. The van der Waals surface area contributed by atoms with Crippen molar-refractivity contribution in [2.75, 3.05) is 13.7 Å². The highest BCUT2D eigenvalue weighted by Gasteiger charge is 2.13. The highest BCUT2D eigenvalue weighted by Crippen LogP contribution is 2.18. The second-order valence-corrected chi connectivity index (χ2v) is 5.87. The number of para-hydroxylation sites is 2. The van der Waals surface area contributed by atoms with Crippen LogP contribution in [0.3, 0.4) is 0 Å². The summed E-state index contributed by atoms with van der Waals surface area (Å²) in [6.45, 7) is 2.50. The monoisotopic (exact) mass is 324 g/mol. The fraction of sp³-hybridized carbons (Fsp3) is 0.263. The van der Waals surface area contributed by atoms with Crippen molar-refractivity contribution in [2.24, 2.45) is 0 Å². The molecule has 0 saturated carbocycles. The van der Waals surface area contributed by atoms with Crippen LogP contribution in [-0.4, -0.2) is 30.2 Å². The highest BCUT2D eigenvalue weighted by atomic mass is 16.5. The van der Waals surface area contributed by atoms with E-state index in [1.54, 1.807) is 19.2 Å². The van der Waals surface area contributed by atoms with Crippen LogP contribution in [0.25, 0.3) is 21.8 Å². The number of hydrogen-bond acceptors (Lipinski definition) is 3. The normalized spacial score (nSPS) is 12.4. The molecule has 1 heterocycles. The second kappa shape index (κ2) is 6.84. The van der Waals surface area contributed by atoms with E-state index in [9.17, 15) is 9.59 Å². The number of benzene rings is 2. The maximum Gasteiger partial charge on any atom is 0.240 e. The summed E-state index contributed by atoms with van der Waals surface area (Å²) >= 11 is 0. The minimum Gasteiger partial charge on any atom is -0.383 e. The van der Waals surface area contributed by atoms with E-state index in [-0.39, 0.29) is 23.9 Å². The molecular formula is C19H20N2O3. The predicted molar refractivity (Wildman–Crippen MR) is 95.2 cm³/mol. The van der Waals surface area contributed by atoms with Crippen molar-refractivity contribution < 1.29 is 9.53 Å². The number of hydrogen-bond donors (Lipinski definition) is 1. The first kappa shape index (κ1) is 16.2. The molecule has 0 bridgehead atoms. The third-order valence-electron chi connectivity index (χ3n) is 4.00. The van der Waals surface area contributed by atoms with Gasteiger partial charge in [0, 0.05) is 23.9 Å². The van der Waals surface area contributed by atoms with E-state index in [4.69, 9.17) is 4.74 Å². The number of methoxy groups -OCH3 is 1. The third-order valence-corrected chi connectivity index (χ3v) is 4.00. The number of carbonyl (C=O) groups excluding carboxylic acids is 1. The van der Waals surface area contributed by atoms with Gasteiger partial charge in [0.15, 0.2) is 5.43 Å². The van der Waals surface area contributed by atoms with Crippen LogP contribution in [0.5, 0.6) is 0 Å². The fourth-order valence-corrected chi connectivity index (χ4v) is 3.00. The zero-order valence-electron chi connectivity index (χ0n) is 13.8. The number of aromatic nitrogens is 1. The Morgan fingerprint density at radius 3 is 2.17 bits per heavy atom. The zero-order valence-corrected chi connectivity index (χ0v) is 13.8. The van der Waals surface area contributed by atoms with Crippen LogP contribution in [0.2, 0.25) is 0 Å². The standard InChI is InChI=1S/C19H20N2O3/c1-13(12-24-2)20-18(22)11-21-16-9-5-3-7-14(16)19(23)15-8-4-6-10-17(15)21/h3-10,13H,11-12H2,1-2H3,(H,20,22)/t13-/m1/s1. The average Bonchev–Trinajstić information content (AvgIpc) is 2.59. The van der Waals surface area contributed by atoms with Gasteiger partial charge in [0.2, 0.25) is 5.91 Å². The lowest BCUT2D eigenvalue weighted by Gasteiger charge is -2.17. The van der Waals surface area contributed by atoms with E-state index in [1.165, 1.54) is 0 Å². The maximum atomic E-state index is 12.7. The van der Waals surface area contributed by atoms with E-state index in [0.717, 1.165) is 11.0 Å². The van der Waals surface area contributed by atoms with Gasteiger partial charge >= 0.3 is 0 Å². The molecule has 5 heteroatoms. The van der Waals surface area contributed by atoms with Gasteiger partial charge in [-0.05, 0) is 31.2 Å². The van der Waals surface area contributed by atoms with Crippen molar-refractivity contribution in [1.82, 2.24) is 9.88 Å². The van der Waals surface area contributed by atoms with Crippen molar-refractivity contribution in [2.45, 2.75) is 19.5 Å². The molecule has 1 atom stereocenters. The second-order valence-electron chi connectivity index (χ2n) is 5.87. The molecular weight excluding hydrogens is 304 g/mol. The first-order valence-electron chi connectivity index (χ1n) is 7.90. The van der Waals surface area contributed by atoms with E-state index in [0.29, 0.717) is 17.4 Å². The van der Waals surface area contributed by atoms with Crippen LogP contribution in [-0.2, 0) is 16.1 Å². The Labute approximate surface area is 139 Å². The third kappa shape index (κ3) is 3.03. The van der Waals surface area contributed by atoms with Crippen LogP contribution < -0.4 is 10.7 Å². The van der Waals surface area contributed by atoms with Crippen molar-refractivity contribution in [1.29, 1.82) is 0 Å². The summed E-state index contributed by atoms with van der Waals surface area (Å²) in [7, 11) is 1.60. The number of nitrogens with zero attached hydrogens (tertiary/aromatic N) is 1. The van der Waals surface area contributed by atoms with Gasteiger partial charge < -0.3 is 14.6 Å². The fourth-order valence-electron chi connectivity index (χ4n) is 3.00. The lowest BCUT2D eigenvalue weighted by atomic mass is 10.1. The lowest BCUT2D eigenvalue weighted by molar-refractivity contribution is -0.122. The van der Waals surface area contributed by atoms with Gasteiger partial charge in [-0.1, -0.05) is 24.3 Å². The molecule has 24 heavy (non-hydrogen) atoms. The van der Waals surface area contributed by atoms with Gasteiger partial charge in [-0.3, -0.25) is 9.59 Å². The highest BCUT2D eigenvalue weighted by molar-refractivity contribution is 5.94. The Kier molecular flexibility index (Phi) is 4.62. The minimum absolute atomic E-state index is 0.00870. The smallest absolute Gasteiger partial charge is 0.240 e. The molecule has 1 amide bonds. The number of rotatable bonds is 5. The summed E-state index contributed by atoms with van der Waals surface area (Å²) in [5.41, 5.74) is 1.51. The van der Waals surface area contributed by atoms with Gasteiger partial charge in [-0.15, -0.1) is 0 Å². The summed E-state index contributed by atoms with van der Waals surface area (Å²) in [5, 5.41) is 4.15. The number of pyridine rings is 1. The summed E-state index contributed by atoms with van der Waals surface area (Å²) in [6, 6.07) is 14.7. The molecule has 0 spiro atoms. The minimum atomic E-state index is -0.112. The molecule has 1 N–H and O–H groups in total. The van der Waals surface area contributed by atoms with Crippen LogP contribution in [0, 0.1) is 0 Å². The zero-order chi connectivity index (χ0) is 17.1. The quantitative estimate of drug-likeness (QED) is 0.733. The van der Waals surface area contributed by atoms with Crippen LogP contribution in [0.1, 0.15) is 6.92 Å². The van der Waals surface area contributed by atoms with Gasteiger partial charge in [0.25, 0.3) is 0 Å². The molecule has 3 rings (SSSR count). The molecule has 0 radical (unpaired) electrons. The molecule has 0 aliphatic heterocycles. The van der Waals surface area contributed by atoms with Gasteiger partial charge in [-0.25, -0.2) is 0 Å². The van der Waals surface area contributed by atoms with Crippen molar-refractivity contribution >= 4 is 27.7 Å². The average molecular weight is 324 g/mol. The molecule has 0 saturated heterocycles. The molecule has 0 aliphatic carbocycles. The largest absolute Gasteiger partial charge is 0.383 e. The molecule has 124 valence electrons. The molecule has 2 aromatic carbocycles.